The molecular formula is C17H10F5N3O3S2. The molecule has 2 heterocycles. The van der Waals surface area contributed by atoms with Gasteiger partial charge in [0.2, 0.25) is 0 Å². The lowest BCUT2D eigenvalue weighted by atomic mass is 10.2. The number of pyridine rings is 1. The largest absolute Gasteiger partial charge is 0.435 e. The molecule has 0 fully saturated rings. The quantitative estimate of drug-likeness (QED) is 0.577. The molecular weight excluding hydrogens is 453 g/mol. The molecule has 0 aliphatic heterocycles. The van der Waals surface area contributed by atoms with Crippen LogP contribution in [-0.2, 0) is 21.8 Å². The van der Waals surface area contributed by atoms with E-state index >= 15 is 0 Å². The molecule has 0 atom stereocenters. The van der Waals surface area contributed by atoms with Gasteiger partial charge >= 0.3 is 6.18 Å². The van der Waals surface area contributed by atoms with E-state index in [0.29, 0.717) is 0 Å². The van der Waals surface area contributed by atoms with Crippen LogP contribution in [0, 0.1) is 11.6 Å². The summed E-state index contributed by atoms with van der Waals surface area (Å²) in [5.74, 6) is -4.72. The van der Waals surface area contributed by atoms with Gasteiger partial charge in [-0.15, -0.1) is 0 Å². The average molecular weight is 463 g/mol. The fourth-order valence-corrected chi connectivity index (χ4v) is 5.21. The number of alkyl halides is 3. The Hall–Kier alpha value is -2.93. The van der Waals surface area contributed by atoms with Crippen LogP contribution in [0.1, 0.15) is 21.7 Å². The van der Waals surface area contributed by atoms with Crippen LogP contribution in [0.4, 0.5) is 27.1 Å². The van der Waals surface area contributed by atoms with Gasteiger partial charge in [-0.2, -0.15) is 13.2 Å². The fourth-order valence-electron chi connectivity index (χ4n) is 2.33. The number of carbonyl (C=O) groups is 1. The van der Waals surface area contributed by atoms with Crippen LogP contribution < -0.4 is 5.32 Å². The Bertz CT molecular complexity index is 1170. The van der Waals surface area contributed by atoms with Crippen LogP contribution in [-0.4, -0.2) is 24.3 Å². The average Bonchev–Trinajstić information content (AvgIpc) is 3.11. The first-order valence-electron chi connectivity index (χ1n) is 7.95. The monoisotopic (exact) mass is 463 g/mol. The van der Waals surface area contributed by atoms with Crippen LogP contribution in [0.3, 0.4) is 0 Å². The molecule has 0 aliphatic carbocycles. The number of sulfone groups is 1. The van der Waals surface area contributed by atoms with Crippen molar-refractivity contribution in [2.24, 2.45) is 0 Å². The maximum absolute atomic E-state index is 13.8. The highest BCUT2D eigenvalue weighted by atomic mass is 32.2. The van der Waals surface area contributed by atoms with E-state index in [0.717, 1.165) is 18.2 Å². The van der Waals surface area contributed by atoms with Gasteiger partial charge in [0.25, 0.3) is 5.91 Å². The number of carbonyl (C=O) groups excluding carboxylic acids is 1. The number of amides is 1. The Balaban J connectivity index is 2.00. The van der Waals surface area contributed by atoms with Gasteiger partial charge in [-0.25, -0.2) is 22.2 Å². The Labute approximate surface area is 170 Å². The van der Waals surface area contributed by atoms with Gasteiger partial charge in [-0.1, -0.05) is 23.5 Å². The fraction of sp³-hybridized carbons (Fsp3) is 0.118. The van der Waals surface area contributed by atoms with E-state index < -0.39 is 59.9 Å². The Morgan fingerprint density at radius 2 is 1.73 bits per heavy atom. The van der Waals surface area contributed by atoms with Gasteiger partial charge in [0, 0.05) is 11.8 Å². The van der Waals surface area contributed by atoms with E-state index in [4.69, 9.17) is 0 Å². The van der Waals surface area contributed by atoms with Crippen molar-refractivity contribution in [3.05, 3.63) is 71.2 Å². The van der Waals surface area contributed by atoms with Crippen LogP contribution in [0.2, 0.25) is 0 Å². The van der Waals surface area contributed by atoms with Crippen LogP contribution >= 0.6 is 11.3 Å². The lowest BCUT2D eigenvalue weighted by Gasteiger charge is -2.08. The molecule has 0 saturated heterocycles. The molecule has 3 aromatic rings. The van der Waals surface area contributed by atoms with Gasteiger partial charge in [-0.3, -0.25) is 15.1 Å². The Morgan fingerprint density at radius 3 is 2.30 bits per heavy atom. The van der Waals surface area contributed by atoms with Crippen molar-refractivity contribution in [2.45, 2.75) is 16.1 Å². The summed E-state index contributed by atoms with van der Waals surface area (Å²) in [5, 5.41) is 1.38. The minimum absolute atomic E-state index is 0.0236. The summed E-state index contributed by atoms with van der Waals surface area (Å²) in [6, 6.07) is 6.80. The van der Waals surface area contributed by atoms with Crippen molar-refractivity contribution in [3.8, 4) is 0 Å². The summed E-state index contributed by atoms with van der Waals surface area (Å²) in [6.45, 7) is 0. The number of nitrogens with one attached hydrogen (secondary N) is 1. The highest BCUT2D eigenvalue weighted by Gasteiger charge is 2.42. The van der Waals surface area contributed by atoms with Crippen molar-refractivity contribution in [1.29, 1.82) is 0 Å². The SMILES string of the molecule is O=C(Nc1nc(C(F)(F)F)c(S(=O)(=O)Cc2c(F)cccc2F)s1)c1ccccn1. The highest BCUT2D eigenvalue weighted by molar-refractivity contribution is 7.92. The highest BCUT2D eigenvalue weighted by Crippen LogP contribution is 2.40. The summed E-state index contributed by atoms with van der Waals surface area (Å²) in [6.07, 6.45) is -3.92. The molecule has 0 aliphatic rings. The van der Waals surface area contributed by atoms with E-state index in [9.17, 15) is 35.2 Å². The maximum atomic E-state index is 13.8. The second kappa shape index (κ2) is 8.07. The number of halogens is 5. The van der Waals surface area contributed by atoms with Gasteiger partial charge < -0.3 is 0 Å². The molecule has 2 aromatic heterocycles. The molecule has 1 aromatic carbocycles. The van der Waals surface area contributed by atoms with Crippen molar-refractivity contribution in [3.63, 3.8) is 0 Å². The molecule has 6 nitrogen and oxygen atoms in total. The maximum Gasteiger partial charge on any atom is 0.435 e. The number of nitrogens with zero attached hydrogens (tertiary/aromatic N) is 2. The summed E-state index contributed by atoms with van der Waals surface area (Å²) in [4.78, 5) is 19.0. The Morgan fingerprint density at radius 1 is 1.07 bits per heavy atom. The van der Waals surface area contributed by atoms with Gasteiger partial charge in [0.05, 0.1) is 5.75 Å². The molecule has 1 N–H and O–H groups in total. The number of benzene rings is 1. The molecule has 0 saturated carbocycles. The topological polar surface area (TPSA) is 89.0 Å². The number of anilines is 1. The number of hydrogen-bond acceptors (Lipinski definition) is 6. The van der Waals surface area contributed by atoms with E-state index in [1.807, 2.05) is 5.32 Å². The number of hydrogen-bond donors (Lipinski definition) is 1. The third-order valence-electron chi connectivity index (χ3n) is 3.66. The number of aromatic nitrogens is 2. The predicted molar refractivity (Wildman–Crippen MR) is 96.6 cm³/mol. The summed E-state index contributed by atoms with van der Waals surface area (Å²) in [7, 11) is -4.86. The first-order valence-corrected chi connectivity index (χ1v) is 10.4. The third kappa shape index (κ3) is 4.62. The van der Waals surface area contributed by atoms with E-state index in [1.54, 1.807) is 0 Å². The number of thiazole rings is 1. The lowest BCUT2D eigenvalue weighted by Crippen LogP contribution is -2.15. The standard InChI is InChI=1S/C17H10F5N3O3S2/c18-10-4-3-5-11(19)9(10)8-30(27,28)15-13(17(20,21)22)24-16(29-15)25-14(26)12-6-1-2-7-23-12/h1-7H,8H2,(H,24,25,26). The second-order valence-corrected chi connectivity index (χ2v) is 8.97. The predicted octanol–water partition coefficient (Wildman–Crippen LogP) is 4.06. The zero-order chi connectivity index (χ0) is 22.1. The van der Waals surface area contributed by atoms with Crippen molar-refractivity contribution in [2.75, 3.05) is 5.32 Å². The molecule has 30 heavy (non-hydrogen) atoms. The minimum Gasteiger partial charge on any atom is -0.296 e. The first kappa shape index (κ1) is 21.8. The molecule has 158 valence electrons. The van der Waals surface area contributed by atoms with Crippen LogP contribution in [0.15, 0.2) is 46.8 Å². The molecule has 0 radical (unpaired) electrons. The molecule has 3 rings (SSSR count). The van der Waals surface area contributed by atoms with E-state index in [1.165, 1.54) is 24.4 Å². The van der Waals surface area contributed by atoms with Crippen LogP contribution in [0.5, 0.6) is 0 Å². The van der Waals surface area contributed by atoms with Crippen molar-refractivity contribution < 1.29 is 35.2 Å². The van der Waals surface area contributed by atoms with E-state index in [2.05, 4.69) is 9.97 Å². The smallest absolute Gasteiger partial charge is 0.296 e. The van der Waals surface area contributed by atoms with Crippen molar-refractivity contribution in [1.82, 2.24) is 9.97 Å². The third-order valence-corrected chi connectivity index (χ3v) is 6.87. The molecule has 0 spiro atoms. The number of rotatable bonds is 5. The van der Waals surface area contributed by atoms with Gasteiger partial charge in [-0.05, 0) is 24.3 Å². The normalized spacial score (nSPS) is 12.0. The molecule has 1 amide bonds. The van der Waals surface area contributed by atoms with Crippen molar-refractivity contribution >= 4 is 32.2 Å². The van der Waals surface area contributed by atoms with E-state index in [-0.39, 0.29) is 17.0 Å². The lowest BCUT2D eigenvalue weighted by molar-refractivity contribution is -0.142. The minimum atomic E-state index is -5.19. The first-order chi connectivity index (χ1) is 14.0. The summed E-state index contributed by atoms with van der Waals surface area (Å²) >= 11 is 0.0236. The molecule has 13 heteroatoms. The Kier molecular flexibility index (Phi) is 5.85. The van der Waals surface area contributed by atoms with Crippen LogP contribution in [0.25, 0.3) is 0 Å². The van der Waals surface area contributed by atoms with Gasteiger partial charge in [0.15, 0.2) is 24.9 Å². The molecule has 0 unspecified atom stereocenters. The molecule has 0 bridgehead atoms. The zero-order valence-electron chi connectivity index (χ0n) is 14.6. The summed E-state index contributed by atoms with van der Waals surface area (Å²) in [5.41, 5.74) is -2.84. The zero-order valence-corrected chi connectivity index (χ0v) is 16.2. The summed E-state index contributed by atoms with van der Waals surface area (Å²) < 4.78 is 91.5. The second-order valence-electron chi connectivity index (χ2n) is 5.78. The van der Waals surface area contributed by atoms with Gasteiger partial charge in [0.1, 0.15) is 17.3 Å².